The quantitative estimate of drug-likeness (QED) is 0.115. The van der Waals surface area contributed by atoms with Crippen molar-refractivity contribution in [3.05, 3.63) is 97.1 Å². The highest BCUT2D eigenvalue weighted by atomic mass is 127. The molecule has 0 radical (unpaired) electrons. The molecule has 4 N–H and O–H groups in total. The first kappa shape index (κ1) is 27.8. The van der Waals surface area contributed by atoms with E-state index in [4.69, 9.17) is 0 Å². The Morgan fingerprint density at radius 2 is 0.794 bits per heavy atom. The van der Waals surface area contributed by atoms with Crippen molar-refractivity contribution in [2.45, 2.75) is 0 Å². The summed E-state index contributed by atoms with van der Waals surface area (Å²) in [6.45, 7) is 0. The Labute approximate surface area is 232 Å². The summed E-state index contributed by atoms with van der Waals surface area (Å²) in [4.78, 5) is 0. The molecule has 0 saturated carbocycles. The third kappa shape index (κ3) is 4.02. The number of pyridine rings is 2. The van der Waals surface area contributed by atoms with E-state index in [1.165, 1.54) is 55.1 Å². The highest BCUT2D eigenvalue weighted by molar-refractivity contribution is 6.23. The van der Waals surface area contributed by atoms with Gasteiger partial charge in [-0.1, -0.05) is 48.5 Å². The van der Waals surface area contributed by atoms with Gasteiger partial charge in [-0.2, -0.15) is 9.13 Å². The van der Waals surface area contributed by atoms with Crippen molar-refractivity contribution >= 4 is 32.6 Å². The fraction of sp³-hybridized carbons (Fsp3) is 0.0714. The van der Waals surface area contributed by atoms with Crippen molar-refractivity contribution in [1.29, 1.82) is 0 Å². The van der Waals surface area contributed by atoms with Crippen molar-refractivity contribution in [2.24, 2.45) is 14.1 Å². The van der Waals surface area contributed by atoms with Crippen LogP contribution in [0.4, 0.5) is 0 Å². The normalized spacial score (nSPS) is 10.3. The maximum absolute atomic E-state index is 2.36. The van der Waals surface area contributed by atoms with E-state index >= 15 is 0 Å². The lowest BCUT2D eigenvalue weighted by atomic mass is 9.93. The van der Waals surface area contributed by atoms with Gasteiger partial charge in [-0.25, -0.2) is 0 Å². The molecule has 6 aromatic rings. The molecule has 0 fully saturated rings. The van der Waals surface area contributed by atoms with E-state index in [9.17, 15) is 0 Å². The lowest BCUT2D eigenvalue weighted by molar-refractivity contribution is -0.634. The third-order valence-electron chi connectivity index (χ3n) is 6.33. The summed E-state index contributed by atoms with van der Waals surface area (Å²) in [6, 6.07) is 34.8. The van der Waals surface area contributed by atoms with Gasteiger partial charge in [0.1, 0.15) is 14.1 Å². The summed E-state index contributed by atoms with van der Waals surface area (Å²) in [5.74, 6) is 0. The second-order valence-electron chi connectivity index (χ2n) is 7.95. The van der Waals surface area contributed by atoms with E-state index in [1.54, 1.807) is 0 Å². The van der Waals surface area contributed by atoms with Gasteiger partial charge in [-0.15, -0.1) is 0 Å². The molecule has 0 aliphatic heterocycles. The molecule has 2 heterocycles. The lowest BCUT2D eigenvalue weighted by Gasteiger charge is -2.14. The zero-order valence-corrected chi connectivity index (χ0v) is 23.2. The van der Waals surface area contributed by atoms with E-state index in [0.29, 0.717) is 0 Å². The Balaban J connectivity index is 0.00000102. The Morgan fingerprint density at radius 1 is 0.441 bits per heavy atom. The van der Waals surface area contributed by atoms with Crippen molar-refractivity contribution in [2.75, 3.05) is 0 Å². The molecule has 34 heavy (non-hydrogen) atoms. The number of rotatable bonds is 2. The summed E-state index contributed by atoms with van der Waals surface area (Å²) in [7, 11) is 4.38. The van der Waals surface area contributed by atoms with Crippen LogP contribution in [-0.4, -0.2) is 11.0 Å². The van der Waals surface area contributed by atoms with Gasteiger partial charge in [0.2, 0.25) is 22.4 Å². The molecule has 0 spiro atoms. The standard InChI is InChI=1S/C28H22N2.2HI.2H2O/c1-29-23-17-9-16-22-25(23)26-21(27(29)19-11-5-3-6-12-19)15-10-18-24(26)30(2)28(22)20-13-7-4-8-14-20;;;;/h3-18H,1-2H3;2*1H;2*1H2/q+2;;;;/p-2. The van der Waals surface area contributed by atoms with Crippen LogP contribution in [0.1, 0.15) is 0 Å². The Bertz CT molecular complexity index is 1440. The first-order valence-corrected chi connectivity index (χ1v) is 10.3. The minimum absolute atomic E-state index is 0. The molecule has 0 atom stereocenters. The lowest BCUT2D eigenvalue weighted by Crippen LogP contribution is -3.00. The molecule has 0 aliphatic carbocycles. The van der Waals surface area contributed by atoms with Crippen molar-refractivity contribution in [3.8, 4) is 22.5 Å². The predicted octanol–water partition coefficient (Wildman–Crippen LogP) is -2.07. The van der Waals surface area contributed by atoms with Gasteiger partial charge < -0.3 is 58.9 Å². The number of halogens is 2. The van der Waals surface area contributed by atoms with Crippen LogP contribution in [-0.2, 0) is 14.1 Å². The first-order valence-electron chi connectivity index (χ1n) is 10.3. The Morgan fingerprint density at radius 3 is 1.15 bits per heavy atom. The number of hydrogen-bond acceptors (Lipinski definition) is 0. The number of hydrogen-bond donors (Lipinski definition) is 0. The van der Waals surface area contributed by atoms with E-state index in [0.717, 1.165) is 0 Å². The van der Waals surface area contributed by atoms with E-state index in [-0.39, 0.29) is 58.9 Å². The molecule has 0 aliphatic rings. The number of nitrogens with zero attached hydrogens (tertiary/aromatic N) is 2. The zero-order chi connectivity index (χ0) is 20.2. The van der Waals surface area contributed by atoms with Crippen LogP contribution in [0.3, 0.4) is 0 Å². The van der Waals surface area contributed by atoms with Crippen LogP contribution < -0.4 is 57.1 Å². The highest BCUT2D eigenvalue weighted by Gasteiger charge is 2.29. The number of aryl methyl sites for hydroxylation is 2. The molecule has 0 amide bonds. The monoisotopic (exact) mass is 676 g/mol. The van der Waals surface area contributed by atoms with Gasteiger partial charge >= 0.3 is 0 Å². The summed E-state index contributed by atoms with van der Waals surface area (Å²) in [5.41, 5.74) is 7.51. The SMILES string of the molecule is C[n+]1c(-c2ccccc2)c2cccc3c2c2c(cccc21)c(-c1ccccc1)[n+]3C.O.O.[I-].[I-]. The highest BCUT2D eigenvalue weighted by Crippen LogP contribution is 2.38. The topological polar surface area (TPSA) is 70.8 Å². The van der Waals surface area contributed by atoms with Gasteiger partial charge in [0, 0.05) is 23.3 Å². The summed E-state index contributed by atoms with van der Waals surface area (Å²) in [5, 5.41) is 5.25. The van der Waals surface area contributed by atoms with Crippen LogP contribution in [0.2, 0.25) is 0 Å². The molecule has 6 heteroatoms. The van der Waals surface area contributed by atoms with Gasteiger partial charge in [-0.3, -0.25) is 0 Å². The zero-order valence-electron chi connectivity index (χ0n) is 18.9. The molecule has 4 nitrogen and oxygen atoms in total. The molecule has 4 aromatic carbocycles. The minimum Gasteiger partial charge on any atom is -1.00 e. The largest absolute Gasteiger partial charge is 1.00 e. The number of benzene rings is 4. The average Bonchev–Trinajstić information content (AvgIpc) is 2.80. The van der Waals surface area contributed by atoms with Crippen LogP contribution in [0.5, 0.6) is 0 Å². The summed E-state index contributed by atoms with van der Waals surface area (Å²) < 4.78 is 4.71. The number of aromatic nitrogens is 2. The molecule has 2 aromatic heterocycles. The molecule has 6 rings (SSSR count). The van der Waals surface area contributed by atoms with Crippen LogP contribution in [0, 0.1) is 0 Å². The smallest absolute Gasteiger partial charge is 0.220 e. The molecule has 174 valence electrons. The third-order valence-corrected chi connectivity index (χ3v) is 6.33. The second-order valence-corrected chi connectivity index (χ2v) is 7.95. The fourth-order valence-corrected chi connectivity index (χ4v) is 5.05. The van der Waals surface area contributed by atoms with E-state index in [1.807, 2.05) is 0 Å². The van der Waals surface area contributed by atoms with E-state index in [2.05, 4.69) is 120 Å². The predicted molar refractivity (Wildman–Crippen MR) is 131 cm³/mol. The van der Waals surface area contributed by atoms with Crippen molar-refractivity contribution < 1.29 is 68.0 Å². The molecule has 0 bridgehead atoms. The van der Waals surface area contributed by atoms with Gasteiger partial charge in [0.15, 0.2) is 0 Å². The fourth-order valence-electron chi connectivity index (χ4n) is 5.05. The summed E-state index contributed by atoms with van der Waals surface area (Å²) in [6.07, 6.45) is 0. The summed E-state index contributed by atoms with van der Waals surface area (Å²) >= 11 is 0. The van der Waals surface area contributed by atoms with Crippen LogP contribution in [0.15, 0.2) is 97.1 Å². The van der Waals surface area contributed by atoms with Gasteiger partial charge in [-0.05, 0) is 36.4 Å². The van der Waals surface area contributed by atoms with E-state index < -0.39 is 0 Å². The average molecular weight is 676 g/mol. The maximum Gasteiger partial charge on any atom is 0.220 e. The van der Waals surface area contributed by atoms with Crippen LogP contribution >= 0.6 is 0 Å². The molecule has 0 saturated heterocycles. The van der Waals surface area contributed by atoms with Crippen molar-refractivity contribution in [1.82, 2.24) is 0 Å². The Hall–Kier alpha value is -2.40. The molecule has 0 unspecified atom stereocenters. The minimum atomic E-state index is 0. The second kappa shape index (κ2) is 10.9. The van der Waals surface area contributed by atoms with Gasteiger partial charge in [0.05, 0.1) is 21.5 Å². The molecular weight excluding hydrogens is 650 g/mol. The first-order chi connectivity index (χ1) is 14.8. The van der Waals surface area contributed by atoms with Crippen LogP contribution in [0.25, 0.3) is 55.1 Å². The maximum atomic E-state index is 2.36. The van der Waals surface area contributed by atoms with Crippen molar-refractivity contribution in [3.63, 3.8) is 0 Å². The Kier molecular flexibility index (Phi) is 8.92. The molecular formula is C28H26I2N2O2. The van der Waals surface area contributed by atoms with Gasteiger partial charge in [0.25, 0.3) is 0 Å².